The molecule has 4 heterocycles. The zero-order valence-electron chi connectivity index (χ0n) is 22.3. The third kappa shape index (κ3) is 6.45. The summed E-state index contributed by atoms with van der Waals surface area (Å²) in [7, 11) is 0. The summed E-state index contributed by atoms with van der Waals surface area (Å²) in [6.07, 6.45) is 7.09. The highest BCUT2D eigenvalue weighted by Crippen LogP contribution is 2.40. The van der Waals surface area contributed by atoms with Crippen LogP contribution in [0.25, 0.3) is 10.9 Å². The summed E-state index contributed by atoms with van der Waals surface area (Å²) in [5.74, 6) is 1.67. The van der Waals surface area contributed by atoms with Gasteiger partial charge in [-0.3, -0.25) is 9.78 Å². The molecular formula is C33H35N3O3. The zero-order chi connectivity index (χ0) is 26.4. The lowest BCUT2D eigenvalue weighted by Crippen LogP contribution is -2.36. The van der Waals surface area contributed by atoms with Crippen LogP contribution in [0.4, 0.5) is 0 Å². The monoisotopic (exact) mass is 521 g/mol. The fourth-order valence-corrected chi connectivity index (χ4v) is 5.30. The molecule has 2 fully saturated rings. The lowest BCUT2D eigenvalue weighted by atomic mass is 9.99. The van der Waals surface area contributed by atoms with Gasteiger partial charge in [0.25, 0.3) is 5.91 Å². The van der Waals surface area contributed by atoms with E-state index in [-0.39, 0.29) is 5.91 Å². The second kappa shape index (κ2) is 12.0. The van der Waals surface area contributed by atoms with Crippen molar-refractivity contribution in [3.05, 3.63) is 101 Å². The number of benzene rings is 2. The normalized spacial score (nSPS) is 17.2. The minimum atomic E-state index is 0.0831. The molecule has 0 N–H and O–H groups in total. The summed E-state index contributed by atoms with van der Waals surface area (Å²) in [5, 5.41) is 1.20. The Hall–Kier alpha value is -3.77. The van der Waals surface area contributed by atoms with Gasteiger partial charge in [-0.2, -0.15) is 0 Å². The number of hydrogen-bond donors (Lipinski definition) is 0. The quantitative estimate of drug-likeness (QED) is 0.313. The molecule has 1 aliphatic carbocycles. The molecule has 3 aliphatic rings. The molecule has 200 valence electrons. The van der Waals surface area contributed by atoms with E-state index in [2.05, 4.69) is 35.3 Å². The molecule has 2 aromatic heterocycles. The molecule has 6 nitrogen and oxygen atoms in total. The number of para-hydroxylation sites is 1. The van der Waals surface area contributed by atoms with Crippen LogP contribution in [0.1, 0.15) is 58.8 Å². The van der Waals surface area contributed by atoms with Crippen LogP contribution in [0.3, 0.4) is 0 Å². The fourth-order valence-electron chi connectivity index (χ4n) is 5.30. The number of rotatable bonds is 5. The third-order valence-corrected chi connectivity index (χ3v) is 7.80. The molecule has 7 rings (SSSR count). The van der Waals surface area contributed by atoms with Crippen LogP contribution in [0.15, 0.2) is 79.0 Å². The van der Waals surface area contributed by atoms with Gasteiger partial charge in [-0.15, -0.1) is 0 Å². The predicted molar refractivity (Wildman–Crippen MR) is 152 cm³/mol. The maximum atomic E-state index is 13.3. The van der Waals surface area contributed by atoms with Crippen LogP contribution < -0.4 is 4.74 Å². The molecule has 0 unspecified atom stereocenters. The lowest BCUT2D eigenvalue weighted by molar-refractivity contribution is 0.0490. The molecule has 6 heteroatoms. The summed E-state index contributed by atoms with van der Waals surface area (Å²) < 4.78 is 11.5. The second-order valence-electron chi connectivity index (χ2n) is 10.7. The topological polar surface area (TPSA) is 64.6 Å². The van der Waals surface area contributed by atoms with Gasteiger partial charge in [0.15, 0.2) is 0 Å². The zero-order valence-corrected chi connectivity index (χ0v) is 22.3. The molecule has 2 aromatic carbocycles. The molecule has 0 atom stereocenters. The molecule has 39 heavy (non-hydrogen) atoms. The van der Waals surface area contributed by atoms with Gasteiger partial charge < -0.3 is 14.4 Å². The van der Waals surface area contributed by atoms with Gasteiger partial charge in [-0.1, -0.05) is 48.5 Å². The first kappa shape index (κ1) is 25.5. The number of pyridine rings is 2. The van der Waals surface area contributed by atoms with E-state index in [0.29, 0.717) is 36.4 Å². The smallest absolute Gasteiger partial charge is 0.254 e. The third-order valence-electron chi connectivity index (χ3n) is 7.80. The Morgan fingerprint density at radius 2 is 1.69 bits per heavy atom. The Kier molecular flexibility index (Phi) is 7.82. The van der Waals surface area contributed by atoms with Gasteiger partial charge in [-0.25, -0.2) is 4.98 Å². The van der Waals surface area contributed by atoms with Crippen molar-refractivity contribution in [3.8, 4) is 5.88 Å². The van der Waals surface area contributed by atoms with Crippen molar-refractivity contribution in [2.45, 2.75) is 44.6 Å². The van der Waals surface area contributed by atoms with Crippen molar-refractivity contribution in [3.63, 3.8) is 0 Å². The van der Waals surface area contributed by atoms with E-state index in [1.165, 1.54) is 16.5 Å². The van der Waals surface area contributed by atoms with Crippen molar-refractivity contribution in [2.75, 3.05) is 26.4 Å². The number of ether oxygens (including phenoxy) is 2. The summed E-state index contributed by atoms with van der Waals surface area (Å²) in [6, 6.07) is 24.3. The highest BCUT2D eigenvalue weighted by Gasteiger charge is 2.29. The van der Waals surface area contributed by atoms with Crippen LogP contribution in [-0.2, 0) is 17.7 Å². The maximum Gasteiger partial charge on any atom is 0.254 e. The Morgan fingerprint density at radius 1 is 0.923 bits per heavy atom. The molecule has 4 aromatic rings. The summed E-state index contributed by atoms with van der Waals surface area (Å²) in [4.78, 5) is 24.1. The van der Waals surface area contributed by atoms with Crippen molar-refractivity contribution >= 4 is 16.8 Å². The number of aromatic nitrogens is 2. The summed E-state index contributed by atoms with van der Waals surface area (Å²) in [6.45, 7) is 3.70. The van der Waals surface area contributed by atoms with Crippen LogP contribution in [0, 0.1) is 5.92 Å². The van der Waals surface area contributed by atoms with E-state index in [1.54, 1.807) is 0 Å². The van der Waals surface area contributed by atoms with Crippen LogP contribution in [0.5, 0.6) is 5.88 Å². The average Bonchev–Trinajstić information content (AvgIpc) is 3.86. The standard InChI is InChI=1S/C24H28N2O3.C9H7N/c27-24(26-10-7-18-3-1-2-4-20(18)15-26)21-13-22(19-5-6-19)25-23(14-21)29-16-17-8-11-28-12-9-17;1-2-6-9-8(4-1)5-3-7-10-9/h1-4,13-14,17,19H,5-12,15-16H2;1-7H. The van der Waals surface area contributed by atoms with E-state index >= 15 is 0 Å². The fraction of sp³-hybridized carbons (Fsp3) is 0.364. The number of amides is 1. The van der Waals surface area contributed by atoms with Gasteiger partial charge in [0.1, 0.15) is 0 Å². The van der Waals surface area contributed by atoms with Crippen LogP contribution in [0.2, 0.25) is 0 Å². The van der Waals surface area contributed by atoms with Gasteiger partial charge in [0.2, 0.25) is 5.88 Å². The number of carbonyl (C=O) groups is 1. The Bertz CT molecular complexity index is 1360. The predicted octanol–water partition coefficient (Wildman–Crippen LogP) is 6.20. The Labute approximate surface area is 230 Å². The highest BCUT2D eigenvalue weighted by atomic mass is 16.5. The van der Waals surface area contributed by atoms with Crippen molar-refractivity contribution in [1.29, 1.82) is 0 Å². The van der Waals surface area contributed by atoms with Gasteiger partial charge in [-0.05, 0) is 67.3 Å². The minimum Gasteiger partial charge on any atom is -0.477 e. The van der Waals surface area contributed by atoms with Gasteiger partial charge in [0.05, 0.1) is 12.1 Å². The SMILES string of the molecule is O=C(c1cc(OCC2CCOCC2)nc(C2CC2)c1)N1CCc2ccccc2C1.c1ccc2ncccc2c1. The summed E-state index contributed by atoms with van der Waals surface area (Å²) in [5.41, 5.74) is 5.38. The summed E-state index contributed by atoms with van der Waals surface area (Å²) >= 11 is 0. The molecule has 0 bridgehead atoms. The second-order valence-corrected chi connectivity index (χ2v) is 10.7. The number of hydrogen-bond acceptors (Lipinski definition) is 5. The first-order chi connectivity index (χ1) is 19.2. The van der Waals surface area contributed by atoms with E-state index in [1.807, 2.05) is 53.6 Å². The molecule has 1 amide bonds. The molecule has 1 saturated carbocycles. The van der Waals surface area contributed by atoms with Gasteiger partial charge in [0, 0.05) is 61.1 Å². The Balaban J connectivity index is 0.000000231. The van der Waals surface area contributed by atoms with Crippen molar-refractivity contribution in [1.82, 2.24) is 14.9 Å². The average molecular weight is 522 g/mol. The number of carbonyl (C=O) groups excluding carboxylic acids is 1. The van der Waals surface area contributed by atoms with E-state index in [4.69, 9.17) is 14.5 Å². The van der Waals surface area contributed by atoms with Crippen molar-refractivity contribution < 1.29 is 14.3 Å². The first-order valence-corrected chi connectivity index (χ1v) is 14.1. The number of nitrogens with zero attached hydrogens (tertiary/aromatic N) is 3. The molecular weight excluding hydrogens is 486 g/mol. The van der Waals surface area contributed by atoms with E-state index in [0.717, 1.165) is 63.1 Å². The minimum absolute atomic E-state index is 0.0831. The van der Waals surface area contributed by atoms with Crippen molar-refractivity contribution in [2.24, 2.45) is 5.92 Å². The largest absolute Gasteiger partial charge is 0.477 e. The number of fused-ring (bicyclic) bond motifs is 2. The Morgan fingerprint density at radius 3 is 2.51 bits per heavy atom. The van der Waals surface area contributed by atoms with Crippen LogP contribution >= 0.6 is 0 Å². The van der Waals surface area contributed by atoms with Gasteiger partial charge >= 0.3 is 0 Å². The first-order valence-electron chi connectivity index (χ1n) is 14.1. The highest BCUT2D eigenvalue weighted by molar-refractivity contribution is 5.94. The maximum absolute atomic E-state index is 13.3. The van der Waals surface area contributed by atoms with E-state index < -0.39 is 0 Å². The van der Waals surface area contributed by atoms with Crippen LogP contribution in [-0.4, -0.2) is 47.1 Å². The molecule has 0 spiro atoms. The van der Waals surface area contributed by atoms with E-state index in [9.17, 15) is 4.79 Å². The molecule has 0 radical (unpaired) electrons. The lowest BCUT2D eigenvalue weighted by Gasteiger charge is -2.29. The molecule has 2 aliphatic heterocycles. The molecule has 1 saturated heterocycles.